The molecule has 2 amide bonds. The van der Waals surface area contributed by atoms with E-state index in [-0.39, 0.29) is 30.2 Å². The van der Waals surface area contributed by atoms with Crippen LogP contribution in [-0.4, -0.2) is 59.2 Å². The van der Waals surface area contributed by atoms with Gasteiger partial charge in [0.15, 0.2) is 0 Å². The minimum Gasteiger partial charge on any atom is -0.469 e. The summed E-state index contributed by atoms with van der Waals surface area (Å²) in [6.45, 7) is 4.80. The Hall–Kier alpha value is -2.64. The number of anilines is 1. The zero-order valence-electron chi connectivity index (χ0n) is 15.2. The van der Waals surface area contributed by atoms with Gasteiger partial charge >= 0.3 is 5.97 Å². The smallest absolute Gasteiger partial charge is 0.310 e. The van der Waals surface area contributed by atoms with Crippen LogP contribution in [0.5, 0.6) is 0 Å². The Balaban J connectivity index is 1.84. The first-order valence-corrected chi connectivity index (χ1v) is 8.77. The number of hydrogen-bond donors (Lipinski definition) is 0. The third-order valence-corrected chi connectivity index (χ3v) is 5.23. The van der Waals surface area contributed by atoms with Gasteiger partial charge in [-0.2, -0.15) is 5.10 Å². The van der Waals surface area contributed by atoms with E-state index in [0.717, 1.165) is 24.2 Å². The standard InChI is InChI=1S/C18H24N4O4/c1-4-16(23)21-7-5-6-12(10-21)17(24)22-11-13(18(25)26-3)8-14-15(22)9-19-20(14)2/h4,9,12-13H,1,5-8,10-11H2,2-3H3. The highest BCUT2D eigenvalue weighted by atomic mass is 16.5. The van der Waals surface area contributed by atoms with E-state index in [1.165, 1.54) is 13.2 Å². The second kappa shape index (κ2) is 7.31. The van der Waals surface area contributed by atoms with Crippen molar-refractivity contribution in [3.05, 3.63) is 24.5 Å². The molecule has 0 aliphatic carbocycles. The number of aryl methyl sites for hydroxylation is 1. The summed E-state index contributed by atoms with van der Waals surface area (Å²) in [5.74, 6) is -1.27. The molecule has 3 rings (SSSR count). The van der Waals surface area contributed by atoms with E-state index in [1.807, 2.05) is 0 Å². The van der Waals surface area contributed by atoms with Crippen LogP contribution in [0.3, 0.4) is 0 Å². The summed E-state index contributed by atoms with van der Waals surface area (Å²) in [6, 6.07) is 0. The van der Waals surface area contributed by atoms with Crippen molar-refractivity contribution in [2.24, 2.45) is 18.9 Å². The van der Waals surface area contributed by atoms with Gasteiger partial charge < -0.3 is 14.5 Å². The number of amides is 2. The first kappa shape index (κ1) is 18.2. The Morgan fingerprint density at radius 1 is 1.31 bits per heavy atom. The van der Waals surface area contributed by atoms with Crippen molar-refractivity contribution in [2.45, 2.75) is 19.3 Å². The molecule has 1 saturated heterocycles. The molecule has 1 aromatic heterocycles. The van der Waals surface area contributed by atoms with Crippen LogP contribution in [0.15, 0.2) is 18.9 Å². The minimum atomic E-state index is -0.415. The number of carbonyl (C=O) groups excluding carboxylic acids is 3. The monoisotopic (exact) mass is 360 g/mol. The topological polar surface area (TPSA) is 84.7 Å². The van der Waals surface area contributed by atoms with E-state index < -0.39 is 5.92 Å². The van der Waals surface area contributed by atoms with Gasteiger partial charge in [-0.25, -0.2) is 0 Å². The SMILES string of the molecule is C=CC(=O)N1CCCC(C(=O)N2CC(C(=O)OC)Cc3c2cnn3C)C1. The number of likely N-dealkylation sites (tertiary alicyclic amines) is 1. The van der Waals surface area contributed by atoms with E-state index in [0.29, 0.717) is 19.5 Å². The molecular formula is C18H24N4O4. The van der Waals surface area contributed by atoms with E-state index in [1.54, 1.807) is 27.7 Å². The van der Waals surface area contributed by atoms with Crippen LogP contribution < -0.4 is 4.90 Å². The fraction of sp³-hybridized carbons (Fsp3) is 0.556. The van der Waals surface area contributed by atoms with Crippen LogP contribution in [0.2, 0.25) is 0 Å². The Bertz CT molecular complexity index is 742. The lowest BCUT2D eigenvalue weighted by Gasteiger charge is -2.37. The van der Waals surface area contributed by atoms with Crippen LogP contribution in [0, 0.1) is 11.8 Å². The molecule has 1 fully saturated rings. The molecule has 2 aliphatic heterocycles. The molecular weight excluding hydrogens is 336 g/mol. The van der Waals surface area contributed by atoms with Crippen molar-refractivity contribution in [3.8, 4) is 0 Å². The van der Waals surface area contributed by atoms with Crippen LogP contribution in [0.1, 0.15) is 18.5 Å². The van der Waals surface area contributed by atoms with Gasteiger partial charge in [0, 0.05) is 33.1 Å². The second-order valence-electron chi connectivity index (χ2n) is 6.80. The van der Waals surface area contributed by atoms with Gasteiger partial charge in [-0.1, -0.05) is 6.58 Å². The van der Waals surface area contributed by atoms with Crippen LogP contribution in [0.25, 0.3) is 0 Å². The van der Waals surface area contributed by atoms with Gasteiger partial charge in [0.05, 0.1) is 36.5 Å². The molecule has 0 radical (unpaired) electrons. The number of aromatic nitrogens is 2. The van der Waals surface area contributed by atoms with Crippen molar-refractivity contribution < 1.29 is 19.1 Å². The minimum absolute atomic E-state index is 0.0746. The second-order valence-corrected chi connectivity index (χ2v) is 6.80. The molecule has 2 unspecified atom stereocenters. The molecule has 26 heavy (non-hydrogen) atoms. The number of methoxy groups -OCH3 is 1. The molecule has 1 aromatic rings. The van der Waals surface area contributed by atoms with Gasteiger partial charge in [-0.15, -0.1) is 0 Å². The quantitative estimate of drug-likeness (QED) is 0.580. The molecule has 0 spiro atoms. The van der Waals surface area contributed by atoms with Gasteiger partial charge in [0.1, 0.15) is 0 Å². The molecule has 0 N–H and O–H groups in total. The third-order valence-electron chi connectivity index (χ3n) is 5.23. The number of esters is 1. The summed E-state index contributed by atoms with van der Waals surface area (Å²) in [4.78, 5) is 40.5. The van der Waals surface area contributed by atoms with E-state index in [9.17, 15) is 14.4 Å². The molecule has 140 valence electrons. The van der Waals surface area contributed by atoms with Crippen molar-refractivity contribution >= 4 is 23.5 Å². The molecule has 8 heteroatoms. The Labute approximate surface area is 152 Å². The summed E-state index contributed by atoms with van der Waals surface area (Å²) in [6.07, 6.45) is 4.92. The number of nitrogens with zero attached hydrogens (tertiary/aromatic N) is 4. The Morgan fingerprint density at radius 3 is 2.77 bits per heavy atom. The van der Waals surface area contributed by atoms with Crippen LogP contribution >= 0.6 is 0 Å². The predicted molar refractivity (Wildman–Crippen MR) is 94.3 cm³/mol. The molecule has 0 saturated carbocycles. The summed E-state index contributed by atoms with van der Waals surface area (Å²) in [5.41, 5.74) is 1.58. The van der Waals surface area contributed by atoms with E-state index in [4.69, 9.17) is 4.74 Å². The maximum Gasteiger partial charge on any atom is 0.310 e. The average molecular weight is 360 g/mol. The van der Waals surface area contributed by atoms with Gasteiger partial charge in [-0.3, -0.25) is 19.1 Å². The normalized spacial score (nSPS) is 22.5. The lowest BCUT2D eigenvalue weighted by Crippen LogP contribution is -2.50. The maximum atomic E-state index is 13.2. The zero-order chi connectivity index (χ0) is 18.8. The number of hydrogen-bond acceptors (Lipinski definition) is 5. The highest BCUT2D eigenvalue weighted by Gasteiger charge is 2.38. The van der Waals surface area contributed by atoms with Crippen LogP contribution in [-0.2, 0) is 32.6 Å². The molecule has 8 nitrogen and oxygen atoms in total. The van der Waals surface area contributed by atoms with Gasteiger partial charge in [-0.05, 0) is 18.9 Å². The summed E-state index contributed by atoms with van der Waals surface area (Å²) in [5, 5.41) is 4.24. The Kier molecular flexibility index (Phi) is 5.11. The molecule has 0 bridgehead atoms. The number of ether oxygens (including phenoxy) is 1. The first-order chi connectivity index (χ1) is 12.5. The van der Waals surface area contributed by atoms with Gasteiger partial charge in [0.2, 0.25) is 11.8 Å². The number of carbonyl (C=O) groups is 3. The summed E-state index contributed by atoms with van der Waals surface area (Å²) >= 11 is 0. The van der Waals surface area contributed by atoms with Crippen molar-refractivity contribution in [1.82, 2.24) is 14.7 Å². The highest BCUT2D eigenvalue weighted by Crippen LogP contribution is 2.32. The highest BCUT2D eigenvalue weighted by molar-refractivity contribution is 5.97. The van der Waals surface area contributed by atoms with E-state index in [2.05, 4.69) is 11.7 Å². The largest absolute Gasteiger partial charge is 0.469 e. The molecule has 2 aliphatic rings. The lowest BCUT2D eigenvalue weighted by molar-refractivity contribution is -0.145. The number of fused-ring (bicyclic) bond motifs is 1. The number of piperidine rings is 1. The van der Waals surface area contributed by atoms with Gasteiger partial charge in [0.25, 0.3) is 0 Å². The van der Waals surface area contributed by atoms with E-state index >= 15 is 0 Å². The molecule has 0 aromatic carbocycles. The van der Waals surface area contributed by atoms with Crippen LogP contribution in [0.4, 0.5) is 5.69 Å². The number of rotatable bonds is 3. The fourth-order valence-corrected chi connectivity index (χ4v) is 3.79. The third kappa shape index (κ3) is 3.23. The Morgan fingerprint density at radius 2 is 2.08 bits per heavy atom. The molecule has 2 atom stereocenters. The first-order valence-electron chi connectivity index (χ1n) is 8.77. The fourth-order valence-electron chi connectivity index (χ4n) is 3.79. The lowest BCUT2D eigenvalue weighted by atomic mass is 9.92. The zero-order valence-corrected chi connectivity index (χ0v) is 15.2. The summed E-state index contributed by atoms with van der Waals surface area (Å²) in [7, 11) is 3.15. The van der Waals surface area contributed by atoms with Crippen molar-refractivity contribution in [1.29, 1.82) is 0 Å². The average Bonchev–Trinajstić information content (AvgIpc) is 3.06. The van der Waals surface area contributed by atoms with Crippen molar-refractivity contribution in [2.75, 3.05) is 31.6 Å². The van der Waals surface area contributed by atoms with Crippen molar-refractivity contribution in [3.63, 3.8) is 0 Å². The summed E-state index contributed by atoms with van der Waals surface area (Å²) < 4.78 is 6.58. The predicted octanol–water partition coefficient (Wildman–Crippen LogP) is 0.523. The maximum absolute atomic E-state index is 13.2. The molecule has 3 heterocycles.